The molecular formula is C18H37O3Re. The molecular weight excluding hydrogens is 450 g/mol. The molecule has 0 bridgehead atoms. The second-order valence-corrected chi connectivity index (χ2v) is 11.6. The first kappa shape index (κ1) is 22.1. The summed E-state index contributed by atoms with van der Waals surface area (Å²) in [6, 6.07) is 0. The van der Waals surface area contributed by atoms with Gasteiger partial charge in [-0.1, -0.05) is 39.0 Å². The third-order valence-electron chi connectivity index (χ3n) is 4.22. The summed E-state index contributed by atoms with van der Waals surface area (Å²) in [7, 11) is 0. The molecule has 0 aromatic heterocycles. The van der Waals surface area contributed by atoms with Crippen molar-refractivity contribution in [1.29, 1.82) is 0 Å². The van der Waals surface area contributed by atoms with Crippen molar-refractivity contribution in [3.8, 4) is 0 Å². The van der Waals surface area contributed by atoms with E-state index in [2.05, 4.69) is 6.92 Å². The summed E-state index contributed by atoms with van der Waals surface area (Å²) in [4.78, 5) is -0.0710. The summed E-state index contributed by atoms with van der Waals surface area (Å²) in [5, 5.41) is 0. The number of hydrogen-bond donors (Lipinski definition) is 0. The first-order chi connectivity index (χ1) is 10.6. The number of hydrogen-bond acceptors (Lipinski definition) is 3. The summed E-state index contributed by atoms with van der Waals surface area (Å²) >= 11 is -5.10. The van der Waals surface area contributed by atoms with Gasteiger partial charge in [0.25, 0.3) is 0 Å². The van der Waals surface area contributed by atoms with E-state index < -0.39 is 15.4 Å². The van der Waals surface area contributed by atoms with E-state index in [9.17, 15) is 10.4 Å². The fourth-order valence-electron chi connectivity index (χ4n) is 2.81. The van der Waals surface area contributed by atoms with Gasteiger partial charge in [0, 0.05) is 0 Å². The first-order valence-corrected chi connectivity index (χ1v) is 14.7. The van der Waals surface area contributed by atoms with Gasteiger partial charge in [-0.3, -0.25) is 0 Å². The van der Waals surface area contributed by atoms with Crippen molar-refractivity contribution >= 4 is 0 Å². The SMILES string of the molecule is CCCCCCCCCCCCCCCCC[CH2][Re](=[O])(=[O])=[O]. The third kappa shape index (κ3) is 20.1. The molecule has 0 saturated carbocycles. The van der Waals surface area contributed by atoms with E-state index in [0.717, 1.165) is 12.8 Å². The molecule has 0 aliphatic carbocycles. The normalized spacial score (nSPS) is 11.9. The predicted octanol–water partition coefficient (Wildman–Crippen LogP) is 6.86. The Morgan fingerprint density at radius 1 is 0.455 bits per heavy atom. The van der Waals surface area contributed by atoms with Crippen LogP contribution in [0.5, 0.6) is 0 Å². The van der Waals surface area contributed by atoms with E-state index in [1.807, 2.05) is 0 Å². The van der Waals surface area contributed by atoms with E-state index in [0.29, 0.717) is 6.42 Å². The molecule has 0 aliphatic rings. The second kappa shape index (κ2) is 15.9. The first-order valence-electron chi connectivity index (χ1n) is 9.44. The standard InChI is InChI=1S/C18H37.3O.Re/c1-3-5-7-9-11-13-15-17-18-16-14-12-10-8-6-4-2;;;;/h1,3-18H2,2H3;;;;. The van der Waals surface area contributed by atoms with Crippen molar-refractivity contribution in [1.82, 2.24) is 0 Å². The van der Waals surface area contributed by atoms with Crippen molar-refractivity contribution in [3.63, 3.8) is 0 Å². The Morgan fingerprint density at radius 2 is 0.727 bits per heavy atom. The molecule has 0 amide bonds. The molecule has 0 atom stereocenters. The van der Waals surface area contributed by atoms with Crippen LogP contribution >= 0.6 is 0 Å². The van der Waals surface area contributed by atoms with Crippen LogP contribution in [0.15, 0.2) is 0 Å². The predicted molar refractivity (Wildman–Crippen MR) is 86.4 cm³/mol. The fraction of sp³-hybridized carbons (Fsp3) is 1.00. The molecule has 0 aromatic rings. The molecule has 3 nitrogen and oxygen atoms in total. The van der Waals surface area contributed by atoms with Crippen molar-refractivity contribution < 1.29 is 25.8 Å². The molecule has 0 N–H and O–H groups in total. The van der Waals surface area contributed by atoms with Gasteiger partial charge in [0.15, 0.2) is 0 Å². The quantitative estimate of drug-likeness (QED) is 0.211. The third-order valence-corrected chi connectivity index (χ3v) is 6.84. The van der Waals surface area contributed by atoms with Crippen LogP contribution in [-0.2, 0) is 25.8 Å². The Morgan fingerprint density at radius 3 is 1.00 bits per heavy atom. The number of unbranched alkanes of at least 4 members (excludes halogenated alkanes) is 15. The van der Waals surface area contributed by atoms with Crippen molar-refractivity contribution in [3.05, 3.63) is 0 Å². The monoisotopic (exact) mass is 488 g/mol. The van der Waals surface area contributed by atoms with Gasteiger partial charge in [0.05, 0.1) is 0 Å². The minimum atomic E-state index is -5.10. The van der Waals surface area contributed by atoms with Crippen LogP contribution in [0.3, 0.4) is 0 Å². The van der Waals surface area contributed by atoms with E-state index in [1.54, 1.807) is 0 Å². The molecule has 134 valence electrons. The van der Waals surface area contributed by atoms with E-state index in [-0.39, 0.29) is 4.89 Å². The molecule has 22 heavy (non-hydrogen) atoms. The van der Waals surface area contributed by atoms with Crippen molar-refractivity contribution in [2.45, 2.75) is 115 Å². The summed E-state index contributed by atoms with van der Waals surface area (Å²) in [5.41, 5.74) is 0. The fourth-order valence-corrected chi connectivity index (χ4v) is 4.66. The Kier molecular flexibility index (Phi) is 16.0. The maximum absolute atomic E-state index is 10.5. The zero-order chi connectivity index (χ0) is 16.5. The van der Waals surface area contributed by atoms with Crippen LogP contribution in [0, 0.1) is 0 Å². The molecule has 0 heterocycles. The van der Waals surface area contributed by atoms with Gasteiger partial charge >= 0.3 is 101 Å². The minimum absolute atomic E-state index is 0.0710. The van der Waals surface area contributed by atoms with Gasteiger partial charge < -0.3 is 0 Å². The van der Waals surface area contributed by atoms with Crippen LogP contribution < -0.4 is 0 Å². The topological polar surface area (TPSA) is 51.2 Å². The second-order valence-electron chi connectivity index (χ2n) is 6.51. The molecule has 0 fully saturated rings. The Hall–Kier alpha value is 0.0623. The average molecular weight is 488 g/mol. The Labute approximate surface area is 140 Å². The Balaban J connectivity index is 3.04. The van der Waals surface area contributed by atoms with Gasteiger partial charge in [-0.15, -0.1) is 0 Å². The van der Waals surface area contributed by atoms with Crippen LogP contribution in [0.2, 0.25) is 4.89 Å². The average Bonchev–Trinajstić information content (AvgIpc) is 2.45. The van der Waals surface area contributed by atoms with Crippen LogP contribution in [0.4, 0.5) is 0 Å². The van der Waals surface area contributed by atoms with E-state index in [4.69, 9.17) is 0 Å². The van der Waals surface area contributed by atoms with Gasteiger partial charge in [0.1, 0.15) is 0 Å². The molecule has 0 aliphatic heterocycles. The van der Waals surface area contributed by atoms with Gasteiger partial charge in [-0.05, 0) is 0 Å². The molecule has 4 heteroatoms. The van der Waals surface area contributed by atoms with Crippen molar-refractivity contribution in [2.75, 3.05) is 0 Å². The molecule has 0 aromatic carbocycles. The van der Waals surface area contributed by atoms with Crippen LogP contribution in [0.1, 0.15) is 110 Å². The van der Waals surface area contributed by atoms with E-state index >= 15 is 0 Å². The summed E-state index contributed by atoms with van der Waals surface area (Å²) in [5.74, 6) is 0. The Bertz CT molecular complexity index is 354. The van der Waals surface area contributed by atoms with Gasteiger partial charge in [0.2, 0.25) is 0 Å². The zero-order valence-electron chi connectivity index (χ0n) is 14.6. The molecule has 0 spiro atoms. The summed E-state index contributed by atoms with van der Waals surface area (Å²) in [6.45, 7) is 2.26. The van der Waals surface area contributed by atoms with Gasteiger partial charge in [-0.25, -0.2) is 0 Å². The maximum atomic E-state index is 10.5. The zero-order valence-corrected chi connectivity index (χ0v) is 17.3. The van der Waals surface area contributed by atoms with E-state index in [1.165, 1.54) is 83.5 Å². The van der Waals surface area contributed by atoms with Gasteiger partial charge in [-0.2, -0.15) is 0 Å². The summed E-state index contributed by atoms with van der Waals surface area (Å²) in [6.07, 6.45) is 20.2. The van der Waals surface area contributed by atoms with Crippen LogP contribution in [0.25, 0.3) is 0 Å². The molecule has 0 unspecified atom stereocenters. The molecule has 0 saturated heterocycles. The summed E-state index contributed by atoms with van der Waals surface area (Å²) < 4.78 is 31.6. The number of rotatable bonds is 17. The molecule has 0 radical (unpaired) electrons. The van der Waals surface area contributed by atoms with Crippen molar-refractivity contribution in [2.24, 2.45) is 0 Å². The van der Waals surface area contributed by atoms with Crippen LogP contribution in [-0.4, -0.2) is 0 Å². The molecule has 0 rings (SSSR count).